The Bertz CT molecular complexity index is 832. The van der Waals surface area contributed by atoms with E-state index in [9.17, 15) is 0 Å². The van der Waals surface area contributed by atoms with E-state index in [1.807, 2.05) is 18.2 Å². The summed E-state index contributed by atoms with van der Waals surface area (Å²) in [6.07, 6.45) is 0. The van der Waals surface area contributed by atoms with E-state index in [1.54, 1.807) is 0 Å². The molecule has 2 unspecified atom stereocenters. The maximum Gasteiger partial charge on any atom is 0.133 e. The van der Waals surface area contributed by atoms with Gasteiger partial charge in [-0.05, 0) is 65.2 Å². The molecule has 0 aliphatic rings. The van der Waals surface area contributed by atoms with Crippen LogP contribution < -0.4 is 9.47 Å². The van der Waals surface area contributed by atoms with Gasteiger partial charge in [-0.3, -0.25) is 0 Å². The third-order valence-corrected chi connectivity index (χ3v) is 10.5. The first-order chi connectivity index (χ1) is 13.9. The van der Waals surface area contributed by atoms with Crippen LogP contribution in [0, 0.1) is 0 Å². The maximum absolute atomic E-state index is 6.00. The van der Waals surface area contributed by atoms with Crippen molar-refractivity contribution in [2.75, 3.05) is 23.9 Å². The predicted molar refractivity (Wildman–Crippen MR) is 146 cm³/mol. The zero-order chi connectivity index (χ0) is 22.6. The van der Waals surface area contributed by atoms with Crippen molar-refractivity contribution >= 4 is 79.6 Å². The molecule has 2 rings (SSSR count). The van der Waals surface area contributed by atoms with E-state index in [0.717, 1.165) is 26.6 Å². The Morgan fingerprint density at radius 1 is 0.733 bits per heavy atom. The van der Waals surface area contributed by atoms with E-state index >= 15 is 0 Å². The molecule has 2 atom stereocenters. The number of alkyl halides is 4. The third-order valence-electron chi connectivity index (χ3n) is 4.86. The molecular weight excluding hydrogens is 708 g/mol. The molecule has 0 saturated heterocycles. The SMILES string of the molecule is CC(Br)(CBr)COc1ccc(C(C)(C)c2ccc(OCC(C)(Br)CBr)c(Br)c2)cc1. The van der Waals surface area contributed by atoms with Crippen LogP contribution in [0.5, 0.6) is 11.5 Å². The summed E-state index contributed by atoms with van der Waals surface area (Å²) in [6, 6.07) is 14.7. The van der Waals surface area contributed by atoms with Gasteiger partial charge in [-0.15, -0.1) is 0 Å². The third kappa shape index (κ3) is 7.50. The Balaban J connectivity index is 2.13. The Kier molecular flexibility index (Phi) is 9.82. The summed E-state index contributed by atoms with van der Waals surface area (Å²) in [5.74, 6) is 1.71. The largest absolute Gasteiger partial charge is 0.492 e. The van der Waals surface area contributed by atoms with Gasteiger partial charge in [0.15, 0.2) is 0 Å². The van der Waals surface area contributed by atoms with Crippen molar-refractivity contribution in [1.29, 1.82) is 0 Å². The molecule has 0 N–H and O–H groups in total. The smallest absolute Gasteiger partial charge is 0.133 e. The molecule has 0 aliphatic carbocycles. The van der Waals surface area contributed by atoms with Gasteiger partial charge in [0, 0.05) is 16.1 Å². The van der Waals surface area contributed by atoms with Crippen LogP contribution in [0.3, 0.4) is 0 Å². The predicted octanol–water partition coefficient (Wildman–Crippen LogP) is 8.63. The quantitative estimate of drug-likeness (QED) is 0.228. The molecule has 0 saturated carbocycles. The van der Waals surface area contributed by atoms with Crippen LogP contribution in [0.4, 0.5) is 0 Å². The fourth-order valence-electron chi connectivity index (χ4n) is 2.68. The maximum atomic E-state index is 6.00. The second kappa shape index (κ2) is 11.0. The van der Waals surface area contributed by atoms with Crippen molar-refractivity contribution in [2.45, 2.75) is 41.8 Å². The summed E-state index contributed by atoms with van der Waals surface area (Å²) < 4.78 is 12.7. The highest BCUT2D eigenvalue weighted by Crippen LogP contribution is 2.37. The number of benzene rings is 2. The van der Waals surface area contributed by atoms with Crippen molar-refractivity contribution < 1.29 is 9.47 Å². The first-order valence-corrected chi connectivity index (χ1v) is 14.2. The fourth-order valence-corrected chi connectivity index (χ4v) is 3.73. The summed E-state index contributed by atoms with van der Waals surface area (Å²) in [5.41, 5.74) is 2.29. The molecule has 30 heavy (non-hydrogen) atoms. The summed E-state index contributed by atoms with van der Waals surface area (Å²) in [6.45, 7) is 9.82. The van der Waals surface area contributed by atoms with Gasteiger partial charge in [-0.25, -0.2) is 0 Å². The van der Waals surface area contributed by atoms with Crippen LogP contribution in [-0.2, 0) is 5.41 Å². The molecule has 166 valence electrons. The van der Waals surface area contributed by atoms with Crippen molar-refractivity contribution in [3.8, 4) is 11.5 Å². The Labute approximate surface area is 222 Å². The molecule has 0 radical (unpaired) electrons. The molecule has 0 spiro atoms. The lowest BCUT2D eigenvalue weighted by Gasteiger charge is -2.27. The molecule has 0 fully saturated rings. The van der Waals surface area contributed by atoms with E-state index in [1.165, 1.54) is 11.1 Å². The summed E-state index contributed by atoms with van der Waals surface area (Å²) in [7, 11) is 0. The van der Waals surface area contributed by atoms with Crippen LogP contribution >= 0.6 is 79.6 Å². The van der Waals surface area contributed by atoms with Crippen LogP contribution in [0.1, 0.15) is 38.8 Å². The molecule has 2 nitrogen and oxygen atoms in total. The molecule has 7 heteroatoms. The van der Waals surface area contributed by atoms with Gasteiger partial charge < -0.3 is 9.47 Å². The second-order valence-corrected chi connectivity index (χ2v) is 14.3. The lowest BCUT2D eigenvalue weighted by Crippen LogP contribution is -2.27. The van der Waals surface area contributed by atoms with Gasteiger partial charge >= 0.3 is 0 Å². The van der Waals surface area contributed by atoms with Crippen LogP contribution in [0.15, 0.2) is 46.9 Å². The lowest BCUT2D eigenvalue weighted by atomic mass is 9.78. The summed E-state index contributed by atoms with van der Waals surface area (Å²) >= 11 is 18.0. The fraction of sp³-hybridized carbons (Fsp3) is 0.478. The van der Waals surface area contributed by atoms with E-state index in [-0.39, 0.29) is 14.1 Å². The molecule has 0 aliphatic heterocycles. The van der Waals surface area contributed by atoms with Gasteiger partial charge in [-0.2, -0.15) is 0 Å². The highest BCUT2D eigenvalue weighted by Gasteiger charge is 2.25. The average molecular weight is 735 g/mol. The normalized spacial score (nSPS) is 15.9. The van der Waals surface area contributed by atoms with E-state index in [4.69, 9.17) is 9.47 Å². The zero-order valence-electron chi connectivity index (χ0n) is 17.6. The van der Waals surface area contributed by atoms with E-state index < -0.39 is 0 Å². The molecule has 0 heterocycles. The molecule has 2 aromatic rings. The minimum Gasteiger partial charge on any atom is -0.492 e. The van der Waals surface area contributed by atoms with Crippen molar-refractivity contribution in [1.82, 2.24) is 0 Å². The minimum atomic E-state index is -0.154. The Morgan fingerprint density at radius 3 is 1.73 bits per heavy atom. The van der Waals surface area contributed by atoms with E-state index in [2.05, 4.69) is 132 Å². The van der Waals surface area contributed by atoms with Gasteiger partial charge in [0.25, 0.3) is 0 Å². The second-order valence-electron chi connectivity index (χ2n) is 8.47. The van der Waals surface area contributed by atoms with Gasteiger partial charge in [0.05, 0.1) is 13.1 Å². The van der Waals surface area contributed by atoms with E-state index in [0.29, 0.717) is 13.2 Å². The molecule has 0 aromatic heterocycles. The molecule has 0 amide bonds. The van der Waals surface area contributed by atoms with Gasteiger partial charge in [0.2, 0.25) is 0 Å². The van der Waals surface area contributed by atoms with Crippen LogP contribution in [-0.4, -0.2) is 32.5 Å². The Morgan fingerprint density at radius 2 is 1.23 bits per heavy atom. The monoisotopic (exact) mass is 730 g/mol. The zero-order valence-corrected chi connectivity index (χ0v) is 25.5. The van der Waals surface area contributed by atoms with Crippen molar-refractivity contribution in [3.63, 3.8) is 0 Å². The number of rotatable bonds is 10. The van der Waals surface area contributed by atoms with Crippen molar-refractivity contribution in [2.24, 2.45) is 0 Å². The highest BCUT2D eigenvalue weighted by atomic mass is 79.9. The van der Waals surface area contributed by atoms with Crippen LogP contribution in [0.25, 0.3) is 0 Å². The average Bonchev–Trinajstić information content (AvgIpc) is 2.71. The number of halogens is 5. The topological polar surface area (TPSA) is 18.5 Å². The van der Waals surface area contributed by atoms with Crippen LogP contribution in [0.2, 0.25) is 0 Å². The van der Waals surface area contributed by atoms with Gasteiger partial charge in [0.1, 0.15) is 24.7 Å². The lowest BCUT2D eigenvalue weighted by molar-refractivity contribution is 0.291. The van der Waals surface area contributed by atoms with Crippen molar-refractivity contribution in [3.05, 3.63) is 58.1 Å². The minimum absolute atomic E-state index is 0.0815. The Hall–Kier alpha value is 0.440. The highest BCUT2D eigenvalue weighted by molar-refractivity contribution is 9.12. The number of hydrogen-bond donors (Lipinski definition) is 0. The molecular formula is C23H27Br5O2. The summed E-state index contributed by atoms with van der Waals surface area (Å²) in [4.78, 5) is 0. The molecule has 2 aromatic carbocycles. The first-order valence-electron chi connectivity index (χ1n) is 9.56. The first kappa shape index (κ1) is 26.7. The standard InChI is InChI=1S/C23H27Br5O2/c1-21(2,16-5-8-18(9-6-16)29-14-22(3,27)12-24)17-7-10-20(19(26)11-17)30-15-23(4,28)13-25/h5-11H,12-15H2,1-4H3. The number of hydrogen-bond acceptors (Lipinski definition) is 2. The molecule has 0 bridgehead atoms. The summed E-state index contributed by atoms with van der Waals surface area (Å²) in [5, 5.41) is 1.64. The van der Waals surface area contributed by atoms with Gasteiger partial charge in [-0.1, -0.05) is 95.8 Å². The number of ether oxygens (including phenoxy) is 2.